The molecule has 10 heterocycles. The van der Waals surface area contributed by atoms with E-state index in [0.29, 0.717) is 0 Å². The molecule has 0 aromatic carbocycles. The Morgan fingerprint density at radius 2 is 0.643 bits per heavy atom. The van der Waals surface area contributed by atoms with Gasteiger partial charge in [0.1, 0.15) is 244 Å². The normalized spacial score (nSPS) is 49.1. The molecule has 10 rings (SSSR count). The van der Waals surface area contributed by atoms with Gasteiger partial charge in [-0.2, -0.15) is 0 Å². The number of rotatable bonds is 34. The zero-order valence-electron chi connectivity index (χ0n) is 66.9. The number of aliphatic hydroxyl groups is 30. The Hall–Kier alpha value is -4.08. The molecule has 10 fully saturated rings. The van der Waals surface area contributed by atoms with Crippen LogP contribution in [0.3, 0.4) is 0 Å². The van der Waals surface area contributed by atoms with E-state index in [9.17, 15) is 177 Å². The number of aliphatic carboxylic acids is 1. The Bertz CT molecular complexity index is 3420. The van der Waals surface area contributed by atoms with Gasteiger partial charge < -0.3 is 264 Å². The van der Waals surface area contributed by atoms with Gasteiger partial charge in [0.15, 0.2) is 56.6 Å². The first-order valence-electron chi connectivity index (χ1n) is 39.8. The minimum atomic E-state index is -3.08. The summed E-state index contributed by atoms with van der Waals surface area (Å²) in [5, 5.41) is 349. The van der Waals surface area contributed by atoms with Crippen molar-refractivity contribution in [2.75, 3.05) is 66.1 Å². The van der Waals surface area contributed by atoms with Gasteiger partial charge in [-0.25, -0.2) is 4.79 Å². The fourth-order valence-corrected chi connectivity index (χ4v) is 16.1. The van der Waals surface area contributed by atoms with Crippen LogP contribution in [0.1, 0.15) is 27.2 Å². The van der Waals surface area contributed by atoms with Crippen LogP contribution in [-0.4, -0.2) is 561 Å². The number of ether oxygens (including phenoxy) is 19. The molecule has 3 amide bonds. The monoisotopic (exact) mass is 1850 g/mol. The van der Waals surface area contributed by atoms with Gasteiger partial charge >= 0.3 is 5.97 Å². The zero-order chi connectivity index (χ0) is 93.0. The first-order valence-corrected chi connectivity index (χ1v) is 39.8. The molecule has 10 aliphatic heterocycles. The second-order valence-corrected chi connectivity index (χ2v) is 31.7. The number of carbonyl (C=O) groups excluding carboxylic acids is 3. The van der Waals surface area contributed by atoms with Crippen LogP contribution in [0.5, 0.6) is 0 Å². The van der Waals surface area contributed by atoms with Crippen LogP contribution in [0.25, 0.3) is 0 Å². The van der Waals surface area contributed by atoms with Crippen LogP contribution >= 0.6 is 0 Å². The van der Waals surface area contributed by atoms with Crippen molar-refractivity contribution in [3.8, 4) is 0 Å². The third-order valence-corrected chi connectivity index (χ3v) is 23.0. The predicted octanol–water partition coefficient (Wildman–Crippen LogP) is -23.2. The Balaban J connectivity index is 0.934. The van der Waals surface area contributed by atoms with Crippen molar-refractivity contribution in [3.63, 3.8) is 0 Å². The van der Waals surface area contributed by atoms with Gasteiger partial charge in [0.2, 0.25) is 17.7 Å². The van der Waals surface area contributed by atoms with Gasteiger partial charge in [0.25, 0.3) is 5.79 Å². The van der Waals surface area contributed by atoms with Crippen molar-refractivity contribution in [2.24, 2.45) is 0 Å². The van der Waals surface area contributed by atoms with E-state index in [1.165, 1.54) is 0 Å². The third-order valence-electron chi connectivity index (χ3n) is 23.0. The molecule has 57 heteroatoms. The number of amides is 3. The summed E-state index contributed by atoms with van der Waals surface area (Å²) in [4.78, 5) is 50.9. The second kappa shape index (κ2) is 44.8. The van der Waals surface area contributed by atoms with Crippen LogP contribution in [-0.2, 0) is 109 Å². The summed E-state index contributed by atoms with van der Waals surface area (Å²) >= 11 is 0. The highest BCUT2D eigenvalue weighted by molar-refractivity contribution is 5.76. The van der Waals surface area contributed by atoms with Crippen molar-refractivity contribution in [1.82, 2.24) is 16.0 Å². The van der Waals surface area contributed by atoms with E-state index in [2.05, 4.69) is 16.0 Å². The van der Waals surface area contributed by atoms with E-state index in [1.807, 2.05) is 0 Å². The smallest absolute Gasteiger partial charge is 0.364 e. The fourth-order valence-electron chi connectivity index (χ4n) is 16.1. The molecule has 0 aromatic heterocycles. The lowest BCUT2D eigenvalue weighted by atomic mass is 9.90. The maximum Gasteiger partial charge on any atom is 0.364 e. The van der Waals surface area contributed by atoms with Crippen LogP contribution in [0, 0.1) is 0 Å². The quantitative estimate of drug-likeness (QED) is 0.0284. The molecule has 0 radical (unpaired) electrons. The molecule has 126 heavy (non-hydrogen) atoms. The lowest BCUT2D eigenvalue weighted by molar-refractivity contribution is -0.400. The molecule has 10 saturated heterocycles. The molecule has 51 atom stereocenters. The topological polar surface area (TPSA) is 907 Å². The number of carboxylic acids is 1. The van der Waals surface area contributed by atoms with Crippen LogP contribution in [0.2, 0.25) is 0 Å². The summed E-state index contributed by atoms with van der Waals surface area (Å²) in [6.07, 6.45) is -104. The number of aliphatic hydroxyl groups excluding tert-OH is 30. The average molecular weight is 1850 g/mol. The van der Waals surface area contributed by atoms with E-state index in [1.54, 1.807) is 0 Å². The lowest BCUT2D eigenvalue weighted by Gasteiger charge is -2.51. The molecule has 0 saturated carbocycles. The first kappa shape index (κ1) is 104. The maximum atomic E-state index is 13.0. The third kappa shape index (κ3) is 22.4. The van der Waals surface area contributed by atoms with Gasteiger partial charge in [0.05, 0.1) is 72.2 Å². The van der Waals surface area contributed by atoms with Gasteiger partial charge in [-0.05, 0) is 0 Å². The largest absolute Gasteiger partial charge is 0.477 e. The summed E-state index contributed by atoms with van der Waals surface area (Å²) in [6.45, 7) is -8.90. The summed E-state index contributed by atoms with van der Waals surface area (Å²) < 4.78 is 111. The van der Waals surface area contributed by atoms with E-state index in [0.717, 1.165) is 20.8 Å². The Morgan fingerprint density at radius 3 is 1.09 bits per heavy atom. The molecule has 0 bridgehead atoms. The van der Waals surface area contributed by atoms with E-state index in [-0.39, 0.29) is 0 Å². The molecular formula is C69H115N3O54. The summed E-state index contributed by atoms with van der Waals surface area (Å²) in [6, 6.07) is -5.63. The molecule has 10 aliphatic rings. The van der Waals surface area contributed by atoms with Crippen molar-refractivity contribution < 1.29 is 267 Å². The van der Waals surface area contributed by atoms with Crippen molar-refractivity contribution >= 4 is 23.7 Å². The molecule has 0 aliphatic carbocycles. The highest BCUT2D eigenvalue weighted by Gasteiger charge is 2.63. The molecule has 0 aromatic rings. The number of nitrogens with one attached hydrogen (secondary N) is 3. The molecule has 0 unspecified atom stereocenters. The predicted molar refractivity (Wildman–Crippen MR) is 382 cm³/mol. The van der Waals surface area contributed by atoms with E-state index in [4.69, 9.17) is 90.0 Å². The van der Waals surface area contributed by atoms with Gasteiger partial charge in [-0.15, -0.1) is 0 Å². The number of hydrogen-bond acceptors (Lipinski definition) is 53. The average Bonchev–Trinajstić information content (AvgIpc) is 0.763. The summed E-state index contributed by atoms with van der Waals surface area (Å²) in [5.74, 6) is -7.90. The minimum Gasteiger partial charge on any atom is -0.477 e. The van der Waals surface area contributed by atoms with Gasteiger partial charge in [-0.1, -0.05) is 0 Å². The number of hydrogen-bond donors (Lipinski definition) is 34. The summed E-state index contributed by atoms with van der Waals surface area (Å²) in [7, 11) is 0. The van der Waals surface area contributed by atoms with Crippen LogP contribution in [0.4, 0.5) is 0 Å². The van der Waals surface area contributed by atoms with Crippen LogP contribution in [0.15, 0.2) is 0 Å². The Morgan fingerprint density at radius 1 is 0.325 bits per heavy atom. The maximum absolute atomic E-state index is 13.0. The minimum absolute atomic E-state index is 0.810. The van der Waals surface area contributed by atoms with E-state index < -0.39 is 409 Å². The highest BCUT2D eigenvalue weighted by atomic mass is 16.8. The zero-order valence-corrected chi connectivity index (χ0v) is 66.9. The van der Waals surface area contributed by atoms with Gasteiger partial charge in [0, 0.05) is 27.2 Å². The lowest BCUT2D eigenvalue weighted by Crippen LogP contribution is -2.71. The number of carbonyl (C=O) groups is 4. The van der Waals surface area contributed by atoms with Crippen molar-refractivity contribution in [1.29, 1.82) is 0 Å². The van der Waals surface area contributed by atoms with Gasteiger partial charge in [-0.3, -0.25) is 14.4 Å². The molecule has 34 N–H and O–H groups in total. The van der Waals surface area contributed by atoms with Crippen LogP contribution < -0.4 is 16.0 Å². The Kier molecular flexibility index (Phi) is 37.0. The highest BCUT2D eigenvalue weighted by Crippen LogP contribution is 2.42. The number of carboxylic acid groups (broad SMARTS) is 1. The van der Waals surface area contributed by atoms with Crippen molar-refractivity contribution in [2.45, 2.75) is 340 Å². The van der Waals surface area contributed by atoms with Crippen molar-refractivity contribution in [3.05, 3.63) is 0 Å². The molecule has 57 nitrogen and oxygen atoms in total. The molecular weight excluding hydrogens is 1730 g/mol. The standard InChI is InChI=1S/C69H115N3O54/c1-15(81)70-29-39(93)51(23(9-77)110-59(29)105)119-60-30(71-16(2)82)40(94)53(25(11-79)114-60)121-65-50(104)55(123-67-58(45(99)36(90)22(8-76)113-67)124-61-31(72-17(3)83)41(95)52(24(10-78)115-61)120-62-47(101)42(96)34(88)20(6-74)111-62)38(92)27(117-65)13-108-66-57(44(98)35(89)21(7-75)112-66)125-64-49(103)46(100)54(26(12-80)116-64)122-63-48(102)43(97)37(91)28(118-63)14-109-69(68(106)107)4-18(84)32(86)56(126-69)33(87)19(85)5-73/h18-67,73-80,84-105H,4-14H2,1-3H3,(H,70,81)(H,71,82)(H,72,83)(H,106,107)/t18-,19+,20+,21+,22+,23+,24+,25+,26+,27+,28+,29+,30+,31+,32+,33+,34-,35+,36+,37-,38+,39+,40+,41+,42-,43-,44-,45-,46+,47+,48+,49+,50-,51+,52+,53+,54+,55-,56+,57-,58-,59+,60-,61-,62-,63-,64-,65-,66-,67+,69+/m0/s1. The summed E-state index contributed by atoms with van der Waals surface area (Å²) in [5.41, 5.74) is 0. The Labute approximate surface area is 711 Å². The SMILES string of the molecule is CC(=O)N[C@@H]1[C@@H](O)[C@H](O[C@@H]2O[C@H](CO)[C@@H](O[C@@H]3O[C@H](CO[C@H]4O[C@H](CO)[C@@H](O)[C@H](O)[C@@H]4O[C@@H]4O[C@H](CO)[C@@H](O[C@@H]5O[C@H](CO[C@]6(C(=O)O)C[C@H](O)[C@@H](O)[C@H]([C@H](O)[C@H](O)CO)O6)[C@H](O)[C@H](O)[C@H]5O)[C@H](O)[C@H]4O)[C@@H](O)[C@H](O[C@H]4O[C@H](CO)[C@@H](O)[C@H](O)[C@@H]4O[C@@H]4O[C@H](CO)[C@@H](O[C@@H]5O[C@H](CO)[C@H](O)[C@H](O)[C@H]5O)[C@H](O)[C@H]4NC(C)=O)[C@@H]3O)[C@H](O)[C@H]2NC(C)=O)[C@@H](CO)O[C@H]1O. The van der Waals surface area contributed by atoms with E-state index >= 15 is 0 Å². The first-order chi connectivity index (χ1) is 59.5. The second-order valence-electron chi connectivity index (χ2n) is 31.7. The fraction of sp³-hybridized carbons (Fsp3) is 0.942. The molecule has 730 valence electrons. The molecule has 0 spiro atoms.